The fourth-order valence-electron chi connectivity index (χ4n) is 2.69. The van der Waals surface area contributed by atoms with Crippen LogP contribution in [0.1, 0.15) is 16.1 Å². The van der Waals surface area contributed by atoms with Gasteiger partial charge in [-0.25, -0.2) is 4.98 Å². The van der Waals surface area contributed by atoms with E-state index in [4.69, 9.17) is 4.74 Å². The van der Waals surface area contributed by atoms with Gasteiger partial charge < -0.3 is 15.0 Å². The van der Waals surface area contributed by atoms with E-state index in [0.29, 0.717) is 16.9 Å². The van der Waals surface area contributed by atoms with Gasteiger partial charge in [-0.1, -0.05) is 12.1 Å². The number of thiazole rings is 1. The fraction of sp³-hybridized carbons (Fsp3) is 0.130. The van der Waals surface area contributed by atoms with Crippen LogP contribution in [-0.4, -0.2) is 42.9 Å². The van der Waals surface area contributed by atoms with E-state index in [9.17, 15) is 14.9 Å². The van der Waals surface area contributed by atoms with Crippen LogP contribution >= 0.6 is 11.3 Å². The van der Waals surface area contributed by atoms with Crippen molar-refractivity contribution < 1.29 is 14.3 Å². The maximum Gasteiger partial charge on any atom is 0.266 e. The van der Waals surface area contributed by atoms with Crippen molar-refractivity contribution in [2.75, 3.05) is 26.5 Å². The molecule has 2 amide bonds. The zero-order valence-corrected chi connectivity index (χ0v) is 18.1. The van der Waals surface area contributed by atoms with Crippen LogP contribution in [0.5, 0.6) is 5.75 Å². The topological polar surface area (TPSA) is 95.3 Å². The monoisotopic (exact) mass is 432 g/mol. The van der Waals surface area contributed by atoms with Gasteiger partial charge in [-0.15, -0.1) is 11.3 Å². The minimum atomic E-state index is -0.551. The number of nitrogens with one attached hydrogen (secondary N) is 1. The zero-order chi connectivity index (χ0) is 22.4. The number of carbonyl (C=O) groups excluding carboxylic acids is 2. The third-order valence-electron chi connectivity index (χ3n) is 4.29. The summed E-state index contributed by atoms with van der Waals surface area (Å²) >= 11 is 1.41. The maximum atomic E-state index is 12.5. The van der Waals surface area contributed by atoms with Crippen LogP contribution in [0, 0.1) is 11.3 Å². The third kappa shape index (κ3) is 5.35. The summed E-state index contributed by atoms with van der Waals surface area (Å²) in [6.07, 6.45) is 1.44. The Morgan fingerprint density at radius 2 is 1.94 bits per heavy atom. The number of hydrogen-bond donors (Lipinski definition) is 1. The second-order valence-corrected chi connectivity index (χ2v) is 7.57. The second kappa shape index (κ2) is 9.69. The van der Waals surface area contributed by atoms with Crippen molar-refractivity contribution in [3.63, 3.8) is 0 Å². The number of methoxy groups -OCH3 is 1. The Morgan fingerprint density at radius 3 is 2.58 bits per heavy atom. The van der Waals surface area contributed by atoms with Crippen LogP contribution in [0.15, 0.2) is 59.5 Å². The number of rotatable bonds is 6. The van der Waals surface area contributed by atoms with E-state index in [1.165, 1.54) is 22.3 Å². The molecule has 1 N–H and O–H groups in total. The van der Waals surface area contributed by atoms with Gasteiger partial charge in [-0.05, 0) is 42.5 Å². The van der Waals surface area contributed by atoms with Crippen molar-refractivity contribution >= 4 is 34.9 Å². The molecule has 2 aromatic carbocycles. The number of anilines is 1. The van der Waals surface area contributed by atoms with Crippen LogP contribution in [-0.2, 0) is 4.79 Å². The Kier molecular flexibility index (Phi) is 6.80. The van der Waals surface area contributed by atoms with E-state index in [1.807, 2.05) is 30.3 Å². The van der Waals surface area contributed by atoms with Gasteiger partial charge in [0.2, 0.25) is 0 Å². The molecule has 0 radical (unpaired) electrons. The molecule has 31 heavy (non-hydrogen) atoms. The van der Waals surface area contributed by atoms with Gasteiger partial charge in [0.15, 0.2) is 0 Å². The fourth-order valence-corrected chi connectivity index (χ4v) is 3.46. The normalized spacial score (nSPS) is 10.8. The summed E-state index contributed by atoms with van der Waals surface area (Å²) in [6, 6.07) is 15.9. The first-order chi connectivity index (χ1) is 14.9. The van der Waals surface area contributed by atoms with E-state index < -0.39 is 5.91 Å². The first-order valence-electron chi connectivity index (χ1n) is 9.26. The lowest BCUT2D eigenvalue weighted by molar-refractivity contribution is -0.112. The number of benzene rings is 2. The van der Waals surface area contributed by atoms with Crippen molar-refractivity contribution in [2.24, 2.45) is 0 Å². The third-order valence-corrected chi connectivity index (χ3v) is 5.20. The minimum absolute atomic E-state index is 0.0732. The highest BCUT2D eigenvalue weighted by molar-refractivity contribution is 7.13. The molecule has 3 aromatic rings. The lowest BCUT2D eigenvalue weighted by Crippen LogP contribution is -2.21. The number of amides is 2. The van der Waals surface area contributed by atoms with Gasteiger partial charge in [0.05, 0.1) is 12.8 Å². The van der Waals surface area contributed by atoms with Gasteiger partial charge in [0.1, 0.15) is 22.4 Å². The van der Waals surface area contributed by atoms with E-state index in [-0.39, 0.29) is 11.5 Å². The average Bonchev–Trinajstić information content (AvgIpc) is 3.26. The van der Waals surface area contributed by atoms with E-state index >= 15 is 0 Å². The van der Waals surface area contributed by atoms with Crippen molar-refractivity contribution in [3.8, 4) is 22.4 Å². The van der Waals surface area contributed by atoms with E-state index in [0.717, 1.165) is 16.3 Å². The first-order valence-corrected chi connectivity index (χ1v) is 10.1. The van der Waals surface area contributed by atoms with E-state index in [1.54, 1.807) is 50.9 Å². The minimum Gasteiger partial charge on any atom is -0.497 e. The molecule has 0 unspecified atom stereocenters. The van der Waals surface area contributed by atoms with Crippen LogP contribution in [0.2, 0.25) is 0 Å². The molecule has 0 aliphatic rings. The van der Waals surface area contributed by atoms with Crippen molar-refractivity contribution in [3.05, 3.63) is 70.7 Å². The highest BCUT2D eigenvalue weighted by atomic mass is 32.1. The molecule has 0 fully saturated rings. The second-order valence-electron chi connectivity index (χ2n) is 6.71. The van der Waals surface area contributed by atoms with E-state index in [2.05, 4.69) is 10.3 Å². The highest BCUT2D eigenvalue weighted by Gasteiger charge is 2.13. The van der Waals surface area contributed by atoms with Crippen LogP contribution in [0.3, 0.4) is 0 Å². The lowest BCUT2D eigenvalue weighted by Gasteiger charge is -2.10. The molecular formula is C23H20N4O3S. The zero-order valence-electron chi connectivity index (χ0n) is 17.2. The van der Waals surface area contributed by atoms with Crippen LogP contribution in [0.25, 0.3) is 16.6 Å². The van der Waals surface area contributed by atoms with Gasteiger partial charge in [0.25, 0.3) is 11.8 Å². The predicted molar refractivity (Wildman–Crippen MR) is 121 cm³/mol. The molecule has 156 valence electrons. The van der Waals surface area contributed by atoms with Crippen LogP contribution in [0.4, 0.5) is 5.69 Å². The summed E-state index contributed by atoms with van der Waals surface area (Å²) in [5, 5.41) is 14.6. The molecule has 7 nitrogen and oxygen atoms in total. The Labute approximate surface area is 184 Å². The number of carbonyl (C=O) groups is 2. The Morgan fingerprint density at radius 1 is 1.19 bits per heavy atom. The van der Waals surface area contributed by atoms with Gasteiger partial charge >= 0.3 is 0 Å². The maximum absolute atomic E-state index is 12.5. The molecular weight excluding hydrogens is 412 g/mol. The van der Waals surface area contributed by atoms with Crippen molar-refractivity contribution in [2.45, 2.75) is 0 Å². The standard InChI is InChI=1S/C23H20N4O3S/c1-27(2)23(29)15-7-9-18(10-8-15)25-21(28)17(13-24)11-19-14-31-22(26-19)16-5-4-6-20(12-16)30-3/h4-12,14H,1-3H3,(H,25,28). The highest BCUT2D eigenvalue weighted by Crippen LogP contribution is 2.27. The number of nitrogens with zero attached hydrogens (tertiary/aromatic N) is 3. The number of nitriles is 1. The molecule has 1 heterocycles. The number of ether oxygens (including phenoxy) is 1. The number of aromatic nitrogens is 1. The molecule has 0 saturated carbocycles. The van der Waals surface area contributed by atoms with Gasteiger partial charge in [-0.2, -0.15) is 5.26 Å². The SMILES string of the molecule is COc1cccc(-c2nc(C=C(C#N)C(=O)Nc3ccc(C(=O)N(C)C)cc3)cs2)c1. The summed E-state index contributed by atoms with van der Waals surface area (Å²) < 4.78 is 5.23. The quantitative estimate of drug-likeness (QED) is 0.468. The summed E-state index contributed by atoms with van der Waals surface area (Å²) in [4.78, 5) is 30.4. The molecule has 8 heteroatoms. The van der Waals surface area contributed by atoms with Crippen molar-refractivity contribution in [1.82, 2.24) is 9.88 Å². The van der Waals surface area contributed by atoms with Gasteiger partial charge in [-0.3, -0.25) is 9.59 Å². The largest absolute Gasteiger partial charge is 0.497 e. The van der Waals surface area contributed by atoms with Crippen molar-refractivity contribution in [1.29, 1.82) is 5.26 Å². The summed E-state index contributed by atoms with van der Waals surface area (Å²) in [5.41, 5.74) is 2.32. The molecule has 0 atom stereocenters. The Bertz CT molecular complexity index is 1170. The molecule has 0 saturated heterocycles. The molecule has 1 aromatic heterocycles. The first kappa shape index (κ1) is 21.7. The van der Waals surface area contributed by atoms with Crippen LogP contribution < -0.4 is 10.1 Å². The lowest BCUT2D eigenvalue weighted by atomic mass is 10.1. The number of hydrogen-bond acceptors (Lipinski definition) is 6. The summed E-state index contributed by atoms with van der Waals surface area (Å²) in [5.74, 6) is 0.0381. The molecule has 0 aliphatic carbocycles. The Balaban J connectivity index is 1.74. The Hall–Kier alpha value is -3.96. The molecule has 0 aliphatic heterocycles. The average molecular weight is 433 g/mol. The summed E-state index contributed by atoms with van der Waals surface area (Å²) in [6.45, 7) is 0. The van der Waals surface area contributed by atoms with Gasteiger partial charge in [0, 0.05) is 36.3 Å². The summed E-state index contributed by atoms with van der Waals surface area (Å²) in [7, 11) is 4.93. The molecule has 0 bridgehead atoms. The smallest absolute Gasteiger partial charge is 0.266 e. The predicted octanol–water partition coefficient (Wildman–Crippen LogP) is 4.07. The molecule has 0 spiro atoms. The molecule has 3 rings (SSSR count).